The summed E-state index contributed by atoms with van der Waals surface area (Å²) in [4.78, 5) is 23.0. The lowest BCUT2D eigenvalue weighted by Crippen LogP contribution is -2.28. The lowest BCUT2D eigenvalue weighted by molar-refractivity contribution is -0.155. The van der Waals surface area contributed by atoms with Crippen molar-refractivity contribution in [1.82, 2.24) is 5.32 Å². The van der Waals surface area contributed by atoms with E-state index >= 15 is 0 Å². The molecular weight excluding hydrogens is 273 g/mol. The number of ether oxygens (including phenoxy) is 1. The monoisotopic (exact) mass is 295 g/mol. The van der Waals surface area contributed by atoms with Gasteiger partial charge in [0.25, 0.3) is 0 Å². The Labute approximate surface area is 124 Å². The second kappa shape index (κ2) is 7.76. The summed E-state index contributed by atoms with van der Waals surface area (Å²) in [5.74, 6) is -0.913. The Morgan fingerprint density at radius 2 is 1.86 bits per heavy atom. The Bertz CT molecular complexity index is 495. The summed E-state index contributed by atoms with van der Waals surface area (Å²) < 4.78 is 18.5. The van der Waals surface area contributed by atoms with Crippen molar-refractivity contribution in [3.8, 4) is 0 Å². The van der Waals surface area contributed by atoms with E-state index in [1.165, 1.54) is 6.07 Å². The van der Waals surface area contributed by atoms with E-state index in [-0.39, 0.29) is 24.6 Å². The number of nitrogens with one attached hydrogen (secondary N) is 1. The van der Waals surface area contributed by atoms with Gasteiger partial charge >= 0.3 is 5.97 Å². The molecule has 1 aromatic rings. The van der Waals surface area contributed by atoms with Gasteiger partial charge in [-0.05, 0) is 38.8 Å². The molecule has 5 heteroatoms. The summed E-state index contributed by atoms with van der Waals surface area (Å²) in [6.07, 6.45) is 0.542. The van der Waals surface area contributed by atoms with Gasteiger partial charge in [0.05, 0.1) is 6.42 Å². The zero-order chi connectivity index (χ0) is 15.9. The second-order valence-corrected chi connectivity index (χ2v) is 5.78. The fourth-order valence-corrected chi connectivity index (χ4v) is 1.73. The molecule has 0 aromatic heterocycles. The predicted octanol–water partition coefficient (Wildman–Crippen LogP) is 2.61. The van der Waals surface area contributed by atoms with Crippen molar-refractivity contribution in [2.24, 2.45) is 0 Å². The van der Waals surface area contributed by atoms with Crippen LogP contribution in [-0.4, -0.2) is 24.0 Å². The summed E-state index contributed by atoms with van der Waals surface area (Å²) in [5, 5.41) is 2.66. The number of carbonyl (C=O) groups is 2. The van der Waals surface area contributed by atoms with Crippen molar-refractivity contribution in [2.75, 3.05) is 6.54 Å². The normalized spacial score (nSPS) is 11.0. The Morgan fingerprint density at radius 3 is 2.48 bits per heavy atom. The fraction of sp³-hybridized carbons (Fsp3) is 0.500. The van der Waals surface area contributed by atoms with E-state index in [2.05, 4.69) is 5.32 Å². The molecule has 1 rings (SSSR count). The van der Waals surface area contributed by atoms with Gasteiger partial charge in [0.1, 0.15) is 11.4 Å². The Balaban J connectivity index is 2.23. The van der Waals surface area contributed by atoms with Crippen molar-refractivity contribution < 1.29 is 18.7 Å². The van der Waals surface area contributed by atoms with E-state index in [0.29, 0.717) is 18.5 Å². The second-order valence-electron chi connectivity index (χ2n) is 5.78. The van der Waals surface area contributed by atoms with Gasteiger partial charge in [-0.15, -0.1) is 0 Å². The van der Waals surface area contributed by atoms with Gasteiger partial charge in [-0.1, -0.05) is 18.2 Å². The minimum Gasteiger partial charge on any atom is -0.460 e. The van der Waals surface area contributed by atoms with Crippen LogP contribution in [0.25, 0.3) is 0 Å². The third-order valence-electron chi connectivity index (χ3n) is 2.65. The number of benzene rings is 1. The van der Waals surface area contributed by atoms with Crippen LogP contribution in [-0.2, 0) is 20.7 Å². The molecule has 0 aliphatic carbocycles. The molecule has 0 radical (unpaired) electrons. The third-order valence-corrected chi connectivity index (χ3v) is 2.65. The minimum atomic E-state index is -0.543. The SMILES string of the molecule is CC(C)(C)OC(=O)CCC(=O)NCCc1ccccc1F. The van der Waals surface area contributed by atoms with E-state index in [1.54, 1.807) is 39.0 Å². The topological polar surface area (TPSA) is 55.4 Å². The number of carbonyl (C=O) groups excluding carboxylic acids is 2. The predicted molar refractivity (Wildman–Crippen MR) is 78.2 cm³/mol. The van der Waals surface area contributed by atoms with Crippen molar-refractivity contribution in [1.29, 1.82) is 0 Å². The number of esters is 1. The van der Waals surface area contributed by atoms with E-state index in [9.17, 15) is 14.0 Å². The highest BCUT2D eigenvalue weighted by Crippen LogP contribution is 2.09. The highest BCUT2D eigenvalue weighted by atomic mass is 19.1. The van der Waals surface area contributed by atoms with Crippen LogP contribution in [0.3, 0.4) is 0 Å². The molecule has 0 bridgehead atoms. The number of hydrogen-bond acceptors (Lipinski definition) is 3. The van der Waals surface area contributed by atoms with Crippen LogP contribution in [0.2, 0.25) is 0 Å². The molecule has 0 fully saturated rings. The molecule has 0 aliphatic rings. The molecular formula is C16H22FNO3. The standard InChI is InChI=1S/C16H22FNO3/c1-16(2,3)21-15(20)9-8-14(19)18-11-10-12-6-4-5-7-13(12)17/h4-7H,8-11H2,1-3H3,(H,18,19). The lowest BCUT2D eigenvalue weighted by atomic mass is 10.1. The number of rotatable bonds is 6. The van der Waals surface area contributed by atoms with E-state index in [0.717, 1.165) is 0 Å². The summed E-state index contributed by atoms with van der Waals surface area (Å²) in [6, 6.07) is 6.45. The molecule has 0 saturated heterocycles. The largest absolute Gasteiger partial charge is 0.460 e. The van der Waals surface area contributed by atoms with Crippen LogP contribution in [0.15, 0.2) is 24.3 Å². The number of hydrogen-bond donors (Lipinski definition) is 1. The maximum absolute atomic E-state index is 13.4. The summed E-state index contributed by atoms with van der Waals surface area (Å²) in [6.45, 7) is 5.67. The van der Waals surface area contributed by atoms with Crippen LogP contribution in [0.5, 0.6) is 0 Å². The zero-order valence-corrected chi connectivity index (χ0v) is 12.7. The highest BCUT2D eigenvalue weighted by molar-refractivity contribution is 5.81. The Hall–Kier alpha value is -1.91. The molecule has 0 atom stereocenters. The first-order valence-corrected chi connectivity index (χ1v) is 7.00. The Kier molecular flexibility index (Phi) is 6.34. The molecule has 116 valence electrons. The van der Waals surface area contributed by atoms with Gasteiger partial charge in [0.15, 0.2) is 0 Å². The molecule has 0 saturated carbocycles. The molecule has 1 amide bonds. The van der Waals surface area contributed by atoms with Crippen molar-refractivity contribution in [3.05, 3.63) is 35.6 Å². The van der Waals surface area contributed by atoms with E-state index < -0.39 is 11.6 Å². The zero-order valence-electron chi connectivity index (χ0n) is 12.7. The quantitative estimate of drug-likeness (QED) is 0.821. The number of amides is 1. The molecule has 1 N–H and O–H groups in total. The maximum atomic E-state index is 13.4. The summed E-state index contributed by atoms with van der Waals surface area (Å²) in [7, 11) is 0. The van der Waals surface area contributed by atoms with Gasteiger partial charge in [-0.2, -0.15) is 0 Å². The van der Waals surface area contributed by atoms with Crippen LogP contribution in [0.1, 0.15) is 39.2 Å². The lowest BCUT2D eigenvalue weighted by Gasteiger charge is -2.19. The van der Waals surface area contributed by atoms with Crippen molar-refractivity contribution in [3.63, 3.8) is 0 Å². The van der Waals surface area contributed by atoms with E-state index in [1.807, 2.05) is 0 Å². The Morgan fingerprint density at radius 1 is 1.19 bits per heavy atom. The molecule has 0 unspecified atom stereocenters. The minimum absolute atomic E-state index is 0.0444. The first kappa shape index (κ1) is 17.1. The first-order chi connectivity index (χ1) is 9.78. The molecule has 1 aromatic carbocycles. The van der Waals surface area contributed by atoms with Gasteiger partial charge in [0, 0.05) is 13.0 Å². The van der Waals surface area contributed by atoms with Crippen LogP contribution >= 0.6 is 0 Å². The van der Waals surface area contributed by atoms with Crippen LogP contribution in [0, 0.1) is 5.82 Å². The summed E-state index contributed by atoms with van der Waals surface area (Å²) >= 11 is 0. The van der Waals surface area contributed by atoms with Gasteiger partial charge in [0.2, 0.25) is 5.91 Å². The number of halogens is 1. The first-order valence-electron chi connectivity index (χ1n) is 7.00. The third kappa shape index (κ3) is 7.44. The van der Waals surface area contributed by atoms with Gasteiger partial charge in [-0.25, -0.2) is 4.39 Å². The molecule has 4 nitrogen and oxygen atoms in total. The van der Waals surface area contributed by atoms with Gasteiger partial charge in [-0.3, -0.25) is 9.59 Å². The molecule has 0 spiro atoms. The fourth-order valence-electron chi connectivity index (χ4n) is 1.73. The summed E-state index contributed by atoms with van der Waals surface area (Å²) in [5.41, 5.74) is 0.0169. The van der Waals surface area contributed by atoms with E-state index in [4.69, 9.17) is 4.74 Å². The highest BCUT2D eigenvalue weighted by Gasteiger charge is 2.16. The molecule has 21 heavy (non-hydrogen) atoms. The average Bonchev–Trinajstić information content (AvgIpc) is 2.37. The average molecular weight is 295 g/mol. The van der Waals surface area contributed by atoms with Crippen molar-refractivity contribution >= 4 is 11.9 Å². The van der Waals surface area contributed by atoms with Crippen molar-refractivity contribution in [2.45, 2.75) is 45.6 Å². The smallest absolute Gasteiger partial charge is 0.306 e. The van der Waals surface area contributed by atoms with Crippen LogP contribution < -0.4 is 5.32 Å². The van der Waals surface area contributed by atoms with Gasteiger partial charge < -0.3 is 10.1 Å². The maximum Gasteiger partial charge on any atom is 0.306 e. The molecule has 0 heterocycles. The molecule has 0 aliphatic heterocycles. The van der Waals surface area contributed by atoms with Crippen LogP contribution in [0.4, 0.5) is 4.39 Å².